The number of rotatable bonds is 7. The predicted octanol–water partition coefficient (Wildman–Crippen LogP) is 2.48. The number of carbonyl (C=O) groups is 2. The van der Waals surface area contributed by atoms with Gasteiger partial charge in [-0.2, -0.15) is 0 Å². The fraction of sp³-hybridized carbons (Fsp3) is 0.250. The Morgan fingerprint density at radius 3 is 2.55 bits per heavy atom. The molecule has 152 valence electrons. The van der Waals surface area contributed by atoms with Gasteiger partial charge >= 0.3 is 11.9 Å². The lowest BCUT2D eigenvalue weighted by atomic mass is 9.95. The molecule has 8 nitrogen and oxygen atoms in total. The van der Waals surface area contributed by atoms with Crippen LogP contribution in [0.3, 0.4) is 0 Å². The van der Waals surface area contributed by atoms with Crippen LogP contribution in [0.4, 0.5) is 0 Å². The minimum atomic E-state index is -0.595. The number of allylic oxidation sites excluding steroid dienone is 1. The van der Waals surface area contributed by atoms with E-state index >= 15 is 0 Å². The van der Waals surface area contributed by atoms with Crippen LogP contribution in [0.1, 0.15) is 29.1 Å². The first-order valence-electron chi connectivity index (χ1n) is 8.79. The van der Waals surface area contributed by atoms with Crippen molar-refractivity contribution in [2.45, 2.75) is 13.0 Å². The molecule has 2 heterocycles. The van der Waals surface area contributed by atoms with Gasteiger partial charge in [-0.3, -0.25) is 0 Å². The molecule has 0 spiro atoms. The molecule has 0 fully saturated rings. The Morgan fingerprint density at radius 2 is 1.90 bits per heavy atom. The Bertz CT molecular complexity index is 921. The summed E-state index contributed by atoms with van der Waals surface area (Å²) in [6.45, 7) is 2.20. The third-order valence-corrected chi connectivity index (χ3v) is 4.38. The van der Waals surface area contributed by atoms with Gasteiger partial charge < -0.3 is 29.3 Å². The maximum atomic E-state index is 12.6. The summed E-state index contributed by atoms with van der Waals surface area (Å²) in [5.74, 6) is -0.613. The Labute approximate surface area is 172 Å². The smallest absolute Gasteiger partial charge is 0.379 e. The number of ether oxygens (including phenoxy) is 3. The maximum Gasteiger partial charge on any atom is 0.379 e. The number of benzene rings is 1. The first kappa shape index (κ1) is 20.6. The standard InChI is InChI=1S/C20H20N2O6S/c1-12-16(19(24)27-11-10-25-2)17(22-20(29)21-12)13-5-7-14(8-6-13)28-18(23)15-4-3-9-26-15/h3-9,17H,10-11H2,1-2H3,(H2,21,22,29). The molecule has 9 heteroatoms. The van der Waals surface area contributed by atoms with E-state index in [1.807, 2.05) is 0 Å². The van der Waals surface area contributed by atoms with Crippen molar-refractivity contribution in [3.63, 3.8) is 0 Å². The van der Waals surface area contributed by atoms with Gasteiger partial charge in [0, 0.05) is 12.8 Å². The van der Waals surface area contributed by atoms with Crippen molar-refractivity contribution in [3.05, 3.63) is 65.3 Å². The van der Waals surface area contributed by atoms with E-state index in [4.69, 9.17) is 30.8 Å². The van der Waals surface area contributed by atoms with Crippen LogP contribution in [0.5, 0.6) is 5.75 Å². The molecule has 1 aliphatic heterocycles. The van der Waals surface area contributed by atoms with Gasteiger partial charge in [0.15, 0.2) is 5.11 Å². The summed E-state index contributed by atoms with van der Waals surface area (Å²) in [7, 11) is 1.53. The fourth-order valence-electron chi connectivity index (χ4n) is 2.79. The predicted molar refractivity (Wildman–Crippen MR) is 107 cm³/mol. The van der Waals surface area contributed by atoms with E-state index in [9.17, 15) is 9.59 Å². The number of esters is 2. The van der Waals surface area contributed by atoms with Gasteiger partial charge in [-0.25, -0.2) is 9.59 Å². The maximum absolute atomic E-state index is 12.6. The molecule has 0 radical (unpaired) electrons. The highest BCUT2D eigenvalue weighted by Gasteiger charge is 2.31. The summed E-state index contributed by atoms with van der Waals surface area (Å²) in [5.41, 5.74) is 1.77. The van der Waals surface area contributed by atoms with Crippen LogP contribution in [-0.4, -0.2) is 37.4 Å². The van der Waals surface area contributed by atoms with E-state index in [1.54, 1.807) is 37.3 Å². The fourth-order valence-corrected chi connectivity index (χ4v) is 3.06. The first-order valence-corrected chi connectivity index (χ1v) is 9.20. The van der Waals surface area contributed by atoms with Crippen LogP contribution in [-0.2, 0) is 14.3 Å². The zero-order valence-corrected chi connectivity index (χ0v) is 16.7. The molecule has 1 aromatic heterocycles. The van der Waals surface area contributed by atoms with Crippen LogP contribution in [0.15, 0.2) is 58.3 Å². The van der Waals surface area contributed by atoms with E-state index < -0.39 is 18.0 Å². The third-order valence-electron chi connectivity index (χ3n) is 4.16. The van der Waals surface area contributed by atoms with E-state index in [-0.39, 0.29) is 12.4 Å². The van der Waals surface area contributed by atoms with Crippen LogP contribution >= 0.6 is 12.2 Å². The highest BCUT2D eigenvalue weighted by Crippen LogP contribution is 2.29. The van der Waals surface area contributed by atoms with Crippen LogP contribution in [0, 0.1) is 0 Å². The molecule has 0 saturated heterocycles. The number of hydrogen-bond acceptors (Lipinski definition) is 7. The number of methoxy groups -OCH3 is 1. The SMILES string of the molecule is COCCOC(=O)C1=C(C)NC(=S)NC1c1ccc(OC(=O)c2ccco2)cc1. The van der Waals surface area contributed by atoms with E-state index in [0.717, 1.165) is 5.56 Å². The summed E-state index contributed by atoms with van der Waals surface area (Å²) in [5, 5.41) is 6.41. The number of nitrogens with one attached hydrogen (secondary N) is 2. The summed E-state index contributed by atoms with van der Waals surface area (Å²) in [4.78, 5) is 24.6. The largest absolute Gasteiger partial charge is 0.460 e. The third kappa shape index (κ3) is 5.01. The van der Waals surface area contributed by atoms with Gasteiger partial charge in [0.25, 0.3) is 0 Å². The van der Waals surface area contributed by atoms with Crippen molar-refractivity contribution in [1.82, 2.24) is 10.6 Å². The minimum Gasteiger partial charge on any atom is -0.460 e. The van der Waals surface area contributed by atoms with Crippen molar-refractivity contribution in [3.8, 4) is 5.75 Å². The first-order chi connectivity index (χ1) is 14.0. The highest BCUT2D eigenvalue weighted by molar-refractivity contribution is 7.80. The van der Waals surface area contributed by atoms with Gasteiger partial charge in [-0.05, 0) is 49.0 Å². The molecular formula is C20H20N2O6S. The molecule has 3 rings (SSSR count). The van der Waals surface area contributed by atoms with Crippen molar-refractivity contribution in [1.29, 1.82) is 0 Å². The van der Waals surface area contributed by atoms with Crippen LogP contribution < -0.4 is 15.4 Å². The molecular weight excluding hydrogens is 396 g/mol. The minimum absolute atomic E-state index is 0.110. The average molecular weight is 416 g/mol. The molecule has 0 saturated carbocycles. The van der Waals surface area contributed by atoms with Crippen molar-refractivity contribution in [2.75, 3.05) is 20.3 Å². The van der Waals surface area contributed by atoms with Gasteiger partial charge in [-0.1, -0.05) is 12.1 Å². The second kappa shape index (κ2) is 9.35. The van der Waals surface area contributed by atoms with Crippen molar-refractivity contribution in [2.24, 2.45) is 0 Å². The summed E-state index contributed by atoms with van der Waals surface area (Å²) in [6.07, 6.45) is 1.40. The lowest BCUT2D eigenvalue weighted by molar-refractivity contribution is -0.140. The second-order valence-electron chi connectivity index (χ2n) is 6.13. The quantitative estimate of drug-likeness (QED) is 0.305. The Morgan fingerprint density at radius 1 is 1.14 bits per heavy atom. The molecule has 0 amide bonds. The molecule has 2 N–H and O–H groups in total. The normalized spacial score (nSPS) is 16.1. The number of furan rings is 1. The topological polar surface area (TPSA) is 99.0 Å². The zero-order chi connectivity index (χ0) is 20.8. The summed E-state index contributed by atoms with van der Waals surface area (Å²) in [6, 6.07) is 9.36. The lowest BCUT2D eigenvalue weighted by Crippen LogP contribution is -2.45. The lowest BCUT2D eigenvalue weighted by Gasteiger charge is -2.30. The van der Waals surface area contributed by atoms with Crippen LogP contribution in [0.2, 0.25) is 0 Å². The monoisotopic (exact) mass is 416 g/mol. The molecule has 0 bridgehead atoms. The van der Waals surface area contributed by atoms with E-state index in [2.05, 4.69) is 10.6 Å². The van der Waals surface area contributed by atoms with Crippen molar-refractivity contribution < 1.29 is 28.2 Å². The molecule has 0 aliphatic carbocycles. The van der Waals surface area contributed by atoms with Gasteiger partial charge in [-0.15, -0.1) is 0 Å². The average Bonchev–Trinajstić information content (AvgIpc) is 3.23. The van der Waals surface area contributed by atoms with E-state index in [1.165, 1.54) is 19.4 Å². The van der Waals surface area contributed by atoms with Gasteiger partial charge in [0.05, 0.1) is 24.5 Å². The second-order valence-corrected chi connectivity index (χ2v) is 6.54. The number of carbonyl (C=O) groups excluding carboxylic acids is 2. The highest BCUT2D eigenvalue weighted by atomic mass is 32.1. The van der Waals surface area contributed by atoms with Crippen molar-refractivity contribution >= 4 is 29.3 Å². The zero-order valence-electron chi connectivity index (χ0n) is 15.9. The van der Waals surface area contributed by atoms with E-state index in [0.29, 0.717) is 28.7 Å². The molecule has 1 aliphatic rings. The Hall–Kier alpha value is -3.17. The summed E-state index contributed by atoms with van der Waals surface area (Å²) >= 11 is 5.23. The van der Waals surface area contributed by atoms with Crippen LogP contribution in [0.25, 0.3) is 0 Å². The summed E-state index contributed by atoms with van der Waals surface area (Å²) < 4.78 is 20.5. The molecule has 1 aromatic carbocycles. The Kier molecular flexibility index (Phi) is 6.63. The molecule has 2 aromatic rings. The van der Waals surface area contributed by atoms with Gasteiger partial charge in [0.2, 0.25) is 5.76 Å². The molecule has 1 unspecified atom stereocenters. The number of hydrogen-bond donors (Lipinski definition) is 2. The molecule has 1 atom stereocenters. The molecule has 29 heavy (non-hydrogen) atoms. The Balaban J connectivity index is 1.77. The van der Waals surface area contributed by atoms with Gasteiger partial charge in [0.1, 0.15) is 12.4 Å². The number of thiocarbonyl (C=S) groups is 1.